The molecule has 0 unspecified atom stereocenters. The van der Waals surface area contributed by atoms with Crippen LogP contribution in [0.5, 0.6) is 0 Å². The molecule has 2 aromatic carbocycles. The number of ether oxygens (including phenoxy) is 1. The van der Waals surface area contributed by atoms with E-state index in [0.29, 0.717) is 49.0 Å². The van der Waals surface area contributed by atoms with Gasteiger partial charge in [-0.2, -0.15) is 4.31 Å². The molecule has 8 heteroatoms. The fourth-order valence-corrected chi connectivity index (χ4v) is 4.97. The lowest BCUT2D eigenvalue weighted by Crippen LogP contribution is -2.41. The first-order chi connectivity index (χ1) is 13.3. The number of benzene rings is 2. The van der Waals surface area contributed by atoms with Crippen LogP contribution >= 0.6 is 11.6 Å². The number of carbonyl (C=O) groups excluding carboxylic acids is 1. The van der Waals surface area contributed by atoms with E-state index in [1.165, 1.54) is 15.3 Å². The molecular formula is C20H23ClN2O4S. The summed E-state index contributed by atoms with van der Waals surface area (Å²) in [6.45, 7) is 3.43. The van der Waals surface area contributed by atoms with Crippen LogP contribution in [-0.2, 0) is 21.3 Å². The topological polar surface area (TPSA) is 66.9 Å². The number of rotatable bonds is 5. The van der Waals surface area contributed by atoms with Crippen molar-refractivity contribution in [2.45, 2.75) is 18.4 Å². The van der Waals surface area contributed by atoms with Crippen LogP contribution in [-0.4, -0.2) is 56.9 Å². The zero-order chi connectivity index (χ0) is 20.3. The Hall–Kier alpha value is -1.93. The molecule has 6 nitrogen and oxygen atoms in total. The van der Waals surface area contributed by atoms with E-state index >= 15 is 0 Å². The van der Waals surface area contributed by atoms with Gasteiger partial charge in [0.2, 0.25) is 10.0 Å². The summed E-state index contributed by atoms with van der Waals surface area (Å²) in [5.41, 5.74) is 1.76. The maximum absolute atomic E-state index is 13.0. The Morgan fingerprint density at radius 1 is 1.18 bits per heavy atom. The van der Waals surface area contributed by atoms with Crippen molar-refractivity contribution in [1.82, 2.24) is 9.21 Å². The molecule has 0 atom stereocenters. The van der Waals surface area contributed by atoms with Gasteiger partial charge in [-0.25, -0.2) is 8.42 Å². The molecule has 28 heavy (non-hydrogen) atoms. The van der Waals surface area contributed by atoms with Crippen LogP contribution in [0.2, 0.25) is 5.02 Å². The molecular weight excluding hydrogens is 400 g/mol. The van der Waals surface area contributed by atoms with Crippen molar-refractivity contribution in [2.24, 2.45) is 0 Å². The summed E-state index contributed by atoms with van der Waals surface area (Å²) >= 11 is 6.18. The predicted octanol–water partition coefficient (Wildman–Crippen LogP) is 2.94. The zero-order valence-electron chi connectivity index (χ0n) is 15.9. The Morgan fingerprint density at radius 3 is 2.54 bits per heavy atom. The summed E-state index contributed by atoms with van der Waals surface area (Å²) in [6, 6.07) is 12.1. The van der Waals surface area contributed by atoms with Crippen molar-refractivity contribution in [2.75, 3.05) is 33.4 Å². The van der Waals surface area contributed by atoms with Crippen LogP contribution in [0.1, 0.15) is 21.5 Å². The Kier molecular flexibility index (Phi) is 6.40. The van der Waals surface area contributed by atoms with Gasteiger partial charge in [-0.05, 0) is 36.2 Å². The van der Waals surface area contributed by atoms with Crippen LogP contribution < -0.4 is 0 Å². The third kappa shape index (κ3) is 4.38. The quantitative estimate of drug-likeness (QED) is 0.743. The number of aryl methyl sites for hydroxylation is 1. The largest absolute Gasteiger partial charge is 0.379 e. The highest BCUT2D eigenvalue weighted by Gasteiger charge is 2.28. The normalized spacial score (nSPS) is 15.4. The average Bonchev–Trinajstić information content (AvgIpc) is 2.70. The van der Waals surface area contributed by atoms with Gasteiger partial charge in [0.25, 0.3) is 5.91 Å². The van der Waals surface area contributed by atoms with Crippen molar-refractivity contribution >= 4 is 27.5 Å². The molecule has 1 amide bonds. The van der Waals surface area contributed by atoms with Gasteiger partial charge in [0.1, 0.15) is 0 Å². The van der Waals surface area contributed by atoms with Crippen molar-refractivity contribution in [1.29, 1.82) is 0 Å². The summed E-state index contributed by atoms with van der Waals surface area (Å²) in [4.78, 5) is 14.6. The second-order valence-electron chi connectivity index (χ2n) is 6.75. The zero-order valence-corrected chi connectivity index (χ0v) is 17.5. The van der Waals surface area contributed by atoms with E-state index < -0.39 is 10.0 Å². The first-order valence-corrected chi connectivity index (χ1v) is 10.8. The Morgan fingerprint density at radius 2 is 1.86 bits per heavy atom. The first-order valence-electron chi connectivity index (χ1n) is 8.98. The standard InChI is InChI=1S/C20H23ClN2O4S/c1-15-7-8-16(13-19(15)28(25,26)23-9-11-27-12-10-23)20(24)22(2)14-17-5-3-4-6-18(17)21/h3-8,13H,9-12,14H2,1-2H3. The first kappa shape index (κ1) is 20.8. The van der Waals surface area contributed by atoms with Crippen LogP contribution in [0, 0.1) is 6.92 Å². The monoisotopic (exact) mass is 422 g/mol. The SMILES string of the molecule is Cc1ccc(C(=O)N(C)Cc2ccccc2Cl)cc1S(=O)(=O)N1CCOCC1. The molecule has 0 N–H and O–H groups in total. The van der Waals surface area contributed by atoms with E-state index in [2.05, 4.69) is 0 Å². The van der Waals surface area contributed by atoms with Gasteiger partial charge >= 0.3 is 0 Å². The molecule has 0 bridgehead atoms. The van der Waals surface area contributed by atoms with Crippen molar-refractivity contribution < 1.29 is 17.9 Å². The maximum Gasteiger partial charge on any atom is 0.253 e. The number of sulfonamides is 1. The maximum atomic E-state index is 13.0. The lowest BCUT2D eigenvalue weighted by molar-refractivity contribution is 0.0730. The number of halogens is 1. The lowest BCUT2D eigenvalue weighted by Gasteiger charge is -2.27. The molecule has 1 aliphatic rings. The van der Waals surface area contributed by atoms with Gasteiger partial charge in [-0.1, -0.05) is 35.9 Å². The van der Waals surface area contributed by atoms with Gasteiger partial charge in [-0.3, -0.25) is 4.79 Å². The van der Waals surface area contributed by atoms with Crippen molar-refractivity contribution in [3.05, 3.63) is 64.2 Å². The van der Waals surface area contributed by atoms with Crippen LogP contribution in [0.3, 0.4) is 0 Å². The van der Waals surface area contributed by atoms with E-state index in [9.17, 15) is 13.2 Å². The van der Waals surface area contributed by atoms with Gasteiger partial charge in [0.05, 0.1) is 18.1 Å². The number of amides is 1. The lowest BCUT2D eigenvalue weighted by atomic mass is 10.1. The van der Waals surface area contributed by atoms with Gasteiger partial charge < -0.3 is 9.64 Å². The molecule has 2 aromatic rings. The fourth-order valence-electron chi connectivity index (χ4n) is 3.11. The Bertz CT molecular complexity index is 972. The minimum atomic E-state index is -3.68. The van der Waals surface area contributed by atoms with Gasteiger partial charge in [0.15, 0.2) is 0 Å². The van der Waals surface area contributed by atoms with E-state index in [-0.39, 0.29) is 10.8 Å². The van der Waals surface area contributed by atoms with E-state index in [0.717, 1.165) is 5.56 Å². The van der Waals surface area contributed by atoms with E-state index in [1.54, 1.807) is 32.2 Å². The molecule has 1 aliphatic heterocycles. The van der Waals surface area contributed by atoms with Crippen LogP contribution in [0.4, 0.5) is 0 Å². The summed E-state index contributed by atoms with van der Waals surface area (Å²) in [7, 11) is -2.01. The average molecular weight is 423 g/mol. The minimum absolute atomic E-state index is 0.159. The minimum Gasteiger partial charge on any atom is -0.379 e. The number of morpholine rings is 1. The Labute approximate surface area is 170 Å². The molecule has 0 saturated carbocycles. The number of hydrogen-bond donors (Lipinski definition) is 0. The van der Waals surface area contributed by atoms with E-state index in [4.69, 9.17) is 16.3 Å². The van der Waals surface area contributed by atoms with Crippen molar-refractivity contribution in [3.63, 3.8) is 0 Å². The summed E-state index contributed by atoms with van der Waals surface area (Å²) in [6.07, 6.45) is 0. The highest BCUT2D eigenvalue weighted by Crippen LogP contribution is 2.24. The summed E-state index contributed by atoms with van der Waals surface area (Å²) in [5, 5.41) is 0.585. The molecule has 150 valence electrons. The summed E-state index contributed by atoms with van der Waals surface area (Å²) < 4.78 is 32.7. The number of nitrogens with zero attached hydrogens (tertiary/aromatic N) is 2. The second kappa shape index (κ2) is 8.61. The molecule has 1 saturated heterocycles. The molecule has 0 aromatic heterocycles. The summed E-state index contributed by atoms with van der Waals surface area (Å²) in [5.74, 6) is -0.265. The van der Waals surface area contributed by atoms with Gasteiger partial charge in [-0.15, -0.1) is 0 Å². The second-order valence-corrected chi connectivity index (χ2v) is 9.06. The molecule has 0 radical (unpaired) electrons. The fraction of sp³-hybridized carbons (Fsp3) is 0.350. The van der Waals surface area contributed by atoms with Crippen LogP contribution in [0.15, 0.2) is 47.4 Å². The third-order valence-corrected chi connectivity index (χ3v) is 7.14. The van der Waals surface area contributed by atoms with E-state index in [1.807, 2.05) is 18.2 Å². The smallest absolute Gasteiger partial charge is 0.253 e. The molecule has 1 fully saturated rings. The molecule has 0 spiro atoms. The molecule has 3 rings (SSSR count). The molecule has 0 aliphatic carbocycles. The highest BCUT2D eigenvalue weighted by molar-refractivity contribution is 7.89. The predicted molar refractivity (Wildman–Crippen MR) is 108 cm³/mol. The van der Waals surface area contributed by atoms with Crippen LogP contribution in [0.25, 0.3) is 0 Å². The van der Waals surface area contributed by atoms with Crippen molar-refractivity contribution in [3.8, 4) is 0 Å². The highest BCUT2D eigenvalue weighted by atomic mass is 35.5. The Balaban J connectivity index is 1.86. The number of hydrogen-bond acceptors (Lipinski definition) is 4. The molecule has 1 heterocycles. The van der Waals surface area contributed by atoms with Gasteiger partial charge in [0, 0.05) is 37.3 Å². The third-order valence-electron chi connectivity index (χ3n) is 4.74. The number of carbonyl (C=O) groups is 1.